The van der Waals surface area contributed by atoms with Crippen molar-refractivity contribution in [3.05, 3.63) is 161 Å². The Balaban J connectivity index is 1.48. The molecule has 6 rings (SSSR count). The number of carbonyl (C=O) groups excluding carboxylic acids is 1. The second-order valence-corrected chi connectivity index (χ2v) is 9.85. The quantitative estimate of drug-likeness (QED) is 0.234. The standard InChI is InChI=1S/C36H28N2O/c1-24-15-19-26(20-16-24)35(23-33-30-11-5-3-9-28(30)29-10-4-6-12-31(29)33)38-34-14-8-7-13-32(34)36(39)37-27-21-17-25(2)18-22-27/h3-23H,1-2H3,(H,37,39). The Morgan fingerprint density at radius 3 is 1.74 bits per heavy atom. The van der Waals surface area contributed by atoms with Crippen molar-refractivity contribution >= 4 is 28.6 Å². The van der Waals surface area contributed by atoms with Gasteiger partial charge in [0, 0.05) is 11.3 Å². The number of hydrogen-bond acceptors (Lipinski definition) is 2. The van der Waals surface area contributed by atoms with Gasteiger partial charge in [-0.1, -0.05) is 108 Å². The summed E-state index contributed by atoms with van der Waals surface area (Å²) in [5.74, 6) is -0.189. The van der Waals surface area contributed by atoms with Gasteiger partial charge in [0.1, 0.15) is 0 Å². The number of amides is 1. The molecule has 1 N–H and O–H groups in total. The molecule has 1 aliphatic rings. The van der Waals surface area contributed by atoms with Crippen molar-refractivity contribution in [2.75, 3.05) is 5.32 Å². The first kappa shape index (κ1) is 24.3. The Morgan fingerprint density at radius 1 is 0.615 bits per heavy atom. The molecule has 5 aromatic rings. The van der Waals surface area contributed by atoms with Gasteiger partial charge >= 0.3 is 0 Å². The van der Waals surface area contributed by atoms with Crippen LogP contribution in [0.2, 0.25) is 0 Å². The lowest BCUT2D eigenvalue weighted by molar-refractivity contribution is 0.102. The fourth-order valence-electron chi connectivity index (χ4n) is 4.98. The van der Waals surface area contributed by atoms with Crippen LogP contribution >= 0.6 is 0 Å². The van der Waals surface area contributed by atoms with E-state index in [2.05, 4.69) is 91.1 Å². The number of para-hydroxylation sites is 1. The molecular weight excluding hydrogens is 476 g/mol. The lowest BCUT2D eigenvalue weighted by Crippen LogP contribution is -2.12. The van der Waals surface area contributed by atoms with Crippen molar-refractivity contribution in [3.8, 4) is 11.1 Å². The Hall–Kier alpha value is -5.02. The van der Waals surface area contributed by atoms with Crippen LogP contribution in [0, 0.1) is 13.8 Å². The van der Waals surface area contributed by atoms with Gasteiger partial charge in [0.05, 0.1) is 17.0 Å². The number of allylic oxidation sites excluding steroid dienone is 1. The van der Waals surface area contributed by atoms with Gasteiger partial charge in [-0.2, -0.15) is 0 Å². The summed E-state index contributed by atoms with van der Waals surface area (Å²) in [5.41, 5.74) is 11.9. The van der Waals surface area contributed by atoms with Crippen LogP contribution in [0.1, 0.15) is 38.2 Å². The van der Waals surface area contributed by atoms with Crippen LogP contribution in [-0.2, 0) is 0 Å². The number of nitrogens with zero attached hydrogens (tertiary/aromatic N) is 1. The second kappa shape index (κ2) is 10.4. The number of hydrogen-bond donors (Lipinski definition) is 1. The molecule has 0 saturated carbocycles. The topological polar surface area (TPSA) is 41.5 Å². The zero-order chi connectivity index (χ0) is 26.8. The van der Waals surface area contributed by atoms with Crippen LogP contribution in [0.3, 0.4) is 0 Å². The van der Waals surface area contributed by atoms with E-state index in [0.29, 0.717) is 11.3 Å². The first-order valence-electron chi connectivity index (χ1n) is 13.1. The fourth-order valence-corrected chi connectivity index (χ4v) is 4.98. The van der Waals surface area contributed by atoms with Gasteiger partial charge in [0.2, 0.25) is 0 Å². The van der Waals surface area contributed by atoms with Gasteiger partial charge in [0.25, 0.3) is 5.91 Å². The smallest absolute Gasteiger partial charge is 0.257 e. The van der Waals surface area contributed by atoms with E-state index in [1.165, 1.54) is 27.8 Å². The monoisotopic (exact) mass is 504 g/mol. The maximum absolute atomic E-state index is 13.4. The summed E-state index contributed by atoms with van der Waals surface area (Å²) in [6, 6.07) is 40.6. The van der Waals surface area contributed by atoms with Crippen LogP contribution in [0.4, 0.5) is 11.4 Å². The Morgan fingerprint density at radius 2 is 1.13 bits per heavy atom. The highest BCUT2D eigenvalue weighted by atomic mass is 16.1. The molecule has 3 nitrogen and oxygen atoms in total. The zero-order valence-electron chi connectivity index (χ0n) is 22.0. The number of rotatable bonds is 5. The number of aryl methyl sites for hydroxylation is 2. The summed E-state index contributed by atoms with van der Waals surface area (Å²) in [6.07, 6.45) is 2.16. The molecule has 0 heterocycles. The van der Waals surface area contributed by atoms with E-state index < -0.39 is 0 Å². The van der Waals surface area contributed by atoms with E-state index in [4.69, 9.17) is 4.99 Å². The first-order chi connectivity index (χ1) is 19.1. The zero-order valence-corrected chi connectivity index (χ0v) is 22.0. The molecule has 0 radical (unpaired) electrons. The third kappa shape index (κ3) is 4.95. The molecule has 0 spiro atoms. The summed E-state index contributed by atoms with van der Waals surface area (Å²) in [7, 11) is 0. The average Bonchev–Trinajstić information content (AvgIpc) is 3.28. The van der Waals surface area contributed by atoms with Crippen LogP contribution < -0.4 is 5.32 Å². The minimum Gasteiger partial charge on any atom is -0.322 e. The van der Waals surface area contributed by atoms with E-state index in [1.54, 1.807) is 0 Å². The van der Waals surface area contributed by atoms with Gasteiger partial charge in [-0.15, -0.1) is 0 Å². The predicted molar refractivity (Wildman–Crippen MR) is 162 cm³/mol. The summed E-state index contributed by atoms with van der Waals surface area (Å²) in [4.78, 5) is 18.5. The molecule has 0 aromatic heterocycles. The average molecular weight is 505 g/mol. The number of fused-ring (bicyclic) bond motifs is 3. The van der Waals surface area contributed by atoms with Crippen LogP contribution in [0.15, 0.2) is 132 Å². The lowest BCUT2D eigenvalue weighted by Gasteiger charge is -2.11. The van der Waals surface area contributed by atoms with Crippen LogP contribution in [-0.4, -0.2) is 11.6 Å². The summed E-state index contributed by atoms with van der Waals surface area (Å²) >= 11 is 0. The van der Waals surface area contributed by atoms with E-state index in [-0.39, 0.29) is 5.91 Å². The number of carbonyl (C=O) groups is 1. The Labute approximate surface area is 229 Å². The maximum atomic E-state index is 13.4. The summed E-state index contributed by atoms with van der Waals surface area (Å²) < 4.78 is 0. The molecule has 0 bridgehead atoms. The highest BCUT2D eigenvalue weighted by Gasteiger charge is 2.23. The third-order valence-corrected chi connectivity index (χ3v) is 7.05. The molecule has 188 valence electrons. The van der Waals surface area contributed by atoms with Crippen molar-refractivity contribution in [2.24, 2.45) is 4.99 Å². The number of benzene rings is 5. The highest BCUT2D eigenvalue weighted by Crippen LogP contribution is 2.44. The largest absolute Gasteiger partial charge is 0.322 e. The fraction of sp³-hybridized carbons (Fsp3) is 0.0556. The van der Waals surface area contributed by atoms with E-state index in [0.717, 1.165) is 28.1 Å². The van der Waals surface area contributed by atoms with Crippen molar-refractivity contribution in [1.82, 2.24) is 0 Å². The molecule has 5 aromatic carbocycles. The summed E-state index contributed by atoms with van der Waals surface area (Å²) in [6.45, 7) is 4.10. The minimum absolute atomic E-state index is 0.189. The normalized spacial score (nSPS) is 12.1. The molecule has 0 unspecified atom stereocenters. The summed E-state index contributed by atoms with van der Waals surface area (Å²) in [5, 5.41) is 3.02. The molecule has 0 fully saturated rings. The number of nitrogens with one attached hydrogen (secondary N) is 1. The minimum atomic E-state index is -0.189. The number of anilines is 1. The lowest BCUT2D eigenvalue weighted by atomic mass is 9.99. The van der Waals surface area contributed by atoms with Gasteiger partial charge in [-0.3, -0.25) is 4.79 Å². The molecule has 0 atom stereocenters. The molecule has 1 amide bonds. The van der Waals surface area contributed by atoms with Crippen molar-refractivity contribution in [2.45, 2.75) is 13.8 Å². The van der Waals surface area contributed by atoms with E-state index in [9.17, 15) is 4.79 Å². The Bertz CT molecular complexity index is 1690. The van der Waals surface area contributed by atoms with Gasteiger partial charge < -0.3 is 5.32 Å². The number of aliphatic imine (C=N–C) groups is 1. The molecule has 39 heavy (non-hydrogen) atoms. The molecule has 1 aliphatic carbocycles. The van der Waals surface area contributed by atoms with E-state index in [1.807, 2.05) is 55.5 Å². The predicted octanol–water partition coefficient (Wildman–Crippen LogP) is 8.79. The van der Waals surface area contributed by atoms with E-state index >= 15 is 0 Å². The highest BCUT2D eigenvalue weighted by molar-refractivity contribution is 6.18. The van der Waals surface area contributed by atoms with Gasteiger partial charge in [-0.25, -0.2) is 4.99 Å². The molecule has 3 heteroatoms. The Kier molecular flexibility index (Phi) is 6.48. The van der Waals surface area contributed by atoms with Crippen LogP contribution in [0.5, 0.6) is 0 Å². The van der Waals surface area contributed by atoms with Gasteiger partial charge in [0.15, 0.2) is 0 Å². The SMILES string of the molecule is Cc1ccc(NC(=O)c2ccccc2N=C(C=C2c3ccccc3-c3ccccc32)c2ccc(C)cc2)cc1. The molecule has 0 aliphatic heterocycles. The maximum Gasteiger partial charge on any atom is 0.257 e. The molecule has 0 saturated heterocycles. The third-order valence-electron chi connectivity index (χ3n) is 7.05. The first-order valence-corrected chi connectivity index (χ1v) is 13.1. The second-order valence-electron chi connectivity index (χ2n) is 9.85. The van der Waals surface area contributed by atoms with Crippen LogP contribution in [0.25, 0.3) is 16.7 Å². The van der Waals surface area contributed by atoms with Crippen molar-refractivity contribution in [1.29, 1.82) is 0 Å². The van der Waals surface area contributed by atoms with Crippen molar-refractivity contribution < 1.29 is 4.79 Å². The van der Waals surface area contributed by atoms with Crippen molar-refractivity contribution in [3.63, 3.8) is 0 Å². The van der Waals surface area contributed by atoms with Gasteiger partial charge in [-0.05, 0) is 72.0 Å². The molecular formula is C36H28N2O.